The van der Waals surface area contributed by atoms with Crippen LogP contribution >= 0.6 is 0 Å². The van der Waals surface area contributed by atoms with Crippen LogP contribution in [0.4, 0.5) is 0 Å². The second kappa shape index (κ2) is 6.87. The maximum absolute atomic E-state index is 12.3. The number of nitrogens with one attached hydrogen (secondary N) is 1. The monoisotopic (exact) mass is 306 g/mol. The fourth-order valence-electron chi connectivity index (χ4n) is 2.73. The van der Waals surface area contributed by atoms with Crippen molar-refractivity contribution in [3.05, 3.63) is 0 Å². The summed E-state index contributed by atoms with van der Waals surface area (Å²) in [4.78, 5) is 11.2. The van der Waals surface area contributed by atoms with Crippen LogP contribution in [0.2, 0.25) is 0 Å². The summed E-state index contributed by atoms with van der Waals surface area (Å²) in [5, 5.41) is 9.14. The van der Waals surface area contributed by atoms with Gasteiger partial charge in [0.15, 0.2) is 0 Å². The number of piperidine rings is 1. The molecule has 0 spiro atoms. The summed E-state index contributed by atoms with van der Waals surface area (Å²) >= 11 is 0. The summed E-state index contributed by atoms with van der Waals surface area (Å²) in [7, 11) is -3.74. The summed E-state index contributed by atoms with van der Waals surface area (Å²) < 4.78 is 28.4. The molecular weight excluding hydrogens is 280 g/mol. The molecule has 1 aliphatic heterocycles. The predicted molar refractivity (Wildman–Crippen MR) is 77.5 cm³/mol. The van der Waals surface area contributed by atoms with Crippen LogP contribution in [0.25, 0.3) is 0 Å². The molecule has 118 valence electrons. The third-order valence-electron chi connectivity index (χ3n) is 3.47. The summed E-state index contributed by atoms with van der Waals surface area (Å²) in [6.45, 7) is 8.67. The molecule has 1 heterocycles. The van der Waals surface area contributed by atoms with Gasteiger partial charge in [0, 0.05) is 13.1 Å². The number of carboxylic acid groups (broad SMARTS) is 1. The molecule has 20 heavy (non-hydrogen) atoms. The lowest BCUT2D eigenvalue weighted by atomic mass is 9.94. The van der Waals surface area contributed by atoms with Gasteiger partial charge in [0.25, 0.3) is 10.2 Å². The van der Waals surface area contributed by atoms with Gasteiger partial charge in [-0.05, 0) is 30.6 Å². The molecule has 0 bridgehead atoms. The third-order valence-corrected chi connectivity index (χ3v) is 5.03. The highest BCUT2D eigenvalue weighted by molar-refractivity contribution is 7.87. The van der Waals surface area contributed by atoms with E-state index in [1.807, 2.05) is 27.7 Å². The molecule has 0 radical (unpaired) electrons. The van der Waals surface area contributed by atoms with E-state index in [2.05, 4.69) is 4.72 Å². The lowest BCUT2D eigenvalue weighted by molar-refractivity contribution is -0.139. The highest BCUT2D eigenvalue weighted by Crippen LogP contribution is 2.23. The van der Waals surface area contributed by atoms with Gasteiger partial charge in [0.2, 0.25) is 0 Å². The Morgan fingerprint density at radius 2 is 1.80 bits per heavy atom. The van der Waals surface area contributed by atoms with E-state index in [1.165, 1.54) is 4.31 Å². The van der Waals surface area contributed by atoms with Crippen LogP contribution in [-0.2, 0) is 15.0 Å². The van der Waals surface area contributed by atoms with Crippen molar-refractivity contribution in [2.75, 3.05) is 13.1 Å². The molecule has 0 saturated carbocycles. The number of hydrogen-bond donors (Lipinski definition) is 2. The van der Waals surface area contributed by atoms with Crippen molar-refractivity contribution in [3.63, 3.8) is 0 Å². The summed E-state index contributed by atoms with van der Waals surface area (Å²) in [5.41, 5.74) is 0. The Kier molecular flexibility index (Phi) is 5.97. The average molecular weight is 306 g/mol. The number of rotatable bonds is 6. The highest BCUT2D eigenvalue weighted by atomic mass is 32.2. The number of aliphatic carboxylic acids is 1. The molecular formula is C13H26N2O4S. The first-order valence-electron chi connectivity index (χ1n) is 7.12. The van der Waals surface area contributed by atoms with Crippen molar-refractivity contribution in [2.24, 2.45) is 17.8 Å². The van der Waals surface area contributed by atoms with Gasteiger partial charge in [-0.25, -0.2) is 0 Å². The summed E-state index contributed by atoms with van der Waals surface area (Å²) in [6.07, 6.45) is 1.29. The zero-order chi connectivity index (χ0) is 15.5. The summed E-state index contributed by atoms with van der Waals surface area (Å²) in [5.74, 6) is -0.425. The minimum Gasteiger partial charge on any atom is -0.480 e. The lowest BCUT2D eigenvalue weighted by Crippen LogP contribution is -2.52. The molecule has 1 saturated heterocycles. The van der Waals surface area contributed by atoms with Crippen molar-refractivity contribution >= 4 is 16.2 Å². The molecule has 0 aromatic rings. The molecule has 0 aromatic carbocycles. The molecule has 1 rings (SSSR count). The zero-order valence-electron chi connectivity index (χ0n) is 12.7. The normalized spacial score (nSPS) is 26.6. The molecule has 1 aliphatic rings. The van der Waals surface area contributed by atoms with Gasteiger partial charge in [-0.15, -0.1) is 0 Å². The van der Waals surface area contributed by atoms with Gasteiger partial charge < -0.3 is 5.11 Å². The topological polar surface area (TPSA) is 86.7 Å². The van der Waals surface area contributed by atoms with Crippen LogP contribution in [-0.4, -0.2) is 42.9 Å². The fraction of sp³-hybridized carbons (Fsp3) is 0.923. The van der Waals surface area contributed by atoms with Crippen LogP contribution in [0.15, 0.2) is 0 Å². The lowest BCUT2D eigenvalue weighted by Gasteiger charge is -2.34. The molecule has 3 unspecified atom stereocenters. The number of nitrogens with zero attached hydrogens (tertiary/aromatic N) is 1. The van der Waals surface area contributed by atoms with E-state index in [1.54, 1.807) is 0 Å². The van der Waals surface area contributed by atoms with Crippen LogP contribution < -0.4 is 4.72 Å². The van der Waals surface area contributed by atoms with E-state index in [4.69, 9.17) is 5.11 Å². The van der Waals surface area contributed by atoms with Gasteiger partial charge in [0.1, 0.15) is 6.04 Å². The maximum atomic E-state index is 12.3. The average Bonchev–Trinajstić information content (AvgIpc) is 2.25. The second-order valence-electron chi connectivity index (χ2n) is 6.41. The smallest absolute Gasteiger partial charge is 0.321 e. The minimum absolute atomic E-state index is 0.109. The van der Waals surface area contributed by atoms with Crippen molar-refractivity contribution in [2.45, 2.75) is 46.6 Å². The van der Waals surface area contributed by atoms with Gasteiger partial charge in [-0.2, -0.15) is 17.4 Å². The SMILES string of the molecule is CC(C)CC(NS(=O)(=O)N1CC(C)CC(C)C1)C(=O)O. The largest absolute Gasteiger partial charge is 0.480 e. The van der Waals surface area contributed by atoms with Gasteiger partial charge in [0.05, 0.1) is 0 Å². The highest BCUT2D eigenvalue weighted by Gasteiger charge is 2.33. The first-order chi connectivity index (χ1) is 9.11. The van der Waals surface area contributed by atoms with Crippen LogP contribution in [0.3, 0.4) is 0 Å². The van der Waals surface area contributed by atoms with Crippen molar-refractivity contribution in [3.8, 4) is 0 Å². The van der Waals surface area contributed by atoms with Crippen molar-refractivity contribution < 1.29 is 18.3 Å². The number of hydrogen-bond acceptors (Lipinski definition) is 3. The van der Waals surface area contributed by atoms with Crippen LogP contribution in [0.1, 0.15) is 40.5 Å². The van der Waals surface area contributed by atoms with E-state index in [0.717, 1.165) is 6.42 Å². The molecule has 7 heteroatoms. The Labute approximate surface area is 121 Å². The summed E-state index contributed by atoms with van der Waals surface area (Å²) in [6, 6.07) is -1.06. The quantitative estimate of drug-likeness (QED) is 0.774. The Bertz CT molecular complexity index is 426. The molecule has 0 amide bonds. The Balaban J connectivity index is 2.79. The van der Waals surface area contributed by atoms with E-state index in [9.17, 15) is 13.2 Å². The standard InChI is InChI=1S/C13H26N2O4S/c1-9(2)5-12(13(16)17)14-20(18,19)15-7-10(3)6-11(4)8-15/h9-12,14H,5-8H2,1-4H3,(H,16,17). The number of carboxylic acids is 1. The van der Waals surface area contributed by atoms with E-state index >= 15 is 0 Å². The van der Waals surface area contributed by atoms with Crippen LogP contribution in [0.5, 0.6) is 0 Å². The molecule has 3 atom stereocenters. The third kappa shape index (κ3) is 5.03. The number of carbonyl (C=O) groups is 1. The maximum Gasteiger partial charge on any atom is 0.321 e. The van der Waals surface area contributed by atoms with Gasteiger partial charge >= 0.3 is 5.97 Å². The van der Waals surface area contributed by atoms with Crippen molar-refractivity contribution in [1.29, 1.82) is 0 Å². The predicted octanol–water partition coefficient (Wildman–Crippen LogP) is 1.30. The van der Waals surface area contributed by atoms with E-state index in [0.29, 0.717) is 24.9 Å². The van der Waals surface area contributed by atoms with E-state index < -0.39 is 22.2 Å². The second-order valence-corrected chi connectivity index (χ2v) is 8.11. The van der Waals surface area contributed by atoms with Gasteiger partial charge in [-0.1, -0.05) is 27.7 Å². The van der Waals surface area contributed by atoms with Gasteiger partial charge in [-0.3, -0.25) is 4.79 Å². The zero-order valence-corrected chi connectivity index (χ0v) is 13.5. The Hall–Kier alpha value is -0.660. The van der Waals surface area contributed by atoms with Crippen molar-refractivity contribution in [1.82, 2.24) is 9.03 Å². The first-order valence-corrected chi connectivity index (χ1v) is 8.56. The first kappa shape index (κ1) is 17.4. The fourth-order valence-corrected chi connectivity index (χ4v) is 4.33. The van der Waals surface area contributed by atoms with E-state index in [-0.39, 0.29) is 12.3 Å². The Morgan fingerprint density at radius 1 is 1.30 bits per heavy atom. The Morgan fingerprint density at radius 3 is 2.20 bits per heavy atom. The molecule has 0 aliphatic carbocycles. The molecule has 0 aromatic heterocycles. The molecule has 1 fully saturated rings. The van der Waals surface area contributed by atoms with Crippen LogP contribution in [0, 0.1) is 17.8 Å². The molecule has 6 nitrogen and oxygen atoms in total. The molecule has 2 N–H and O–H groups in total. The minimum atomic E-state index is -3.74.